The van der Waals surface area contributed by atoms with E-state index in [1.165, 1.54) is 11.8 Å². The molecule has 6 nitrogen and oxygen atoms in total. The maximum Gasteiger partial charge on any atom is 0.407 e. The zero-order chi connectivity index (χ0) is 18.9. The number of rotatable bonds is 9. The number of benzene rings is 1. The standard InChI is InChI=1S/C18H28N2O4S/c1-18(2,3)24-17(23)20-14(11-13-7-5-4-6-8-13)9-10-25-12-15(19)16(21)22/h4-8,14-15H,9-12,19H2,1-3H3,(H,20,23)(H,21,22)/t14-,15?/m0/s1. The average molecular weight is 368 g/mol. The lowest BCUT2D eigenvalue weighted by Gasteiger charge is -2.24. The van der Waals surface area contributed by atoms with Gasteiger partial charge in [-0.3, -0.25) is 4.79 Å². The van der Waals surface area contributed by atoms with Crippen molar-refractivity contribution in [3.8, 4) is 0 Å². The van der Waals surface area contributed by atoms with E-state index >= 15 is 0 Å². The summed E-state index contributed by atoms with van der Waals surface area (Å²) in [6, 6.07) is 8.93. The summed E-state index contributed by atoms with van der Waals surface area (Å²) in [6.45, 7) is 5.46. The van der Waals surface area contributed by atoms with Crippen molar-refractivity contribution in [2.24, 2.45) is 5.73 Å². The Kier molecular flexibility index (Phi) is 8.78. The molecule has 0 fully saturated rings. The lowest BCUT2D eigenvalue weighted by atomic mass is 10.0. The van der Waals surface area contributed by atoms with Crippen LogP contribution in [0.25, 0.3) is 0 Å². The lowest BCUT2D eigenvalue weighted by molar-refractivity contribution is -0.137. The van der Waals surface area contributed by atoms with E-state index in [2.05, 4.69) is 5.32 Å². The van der Waals surface area contributed by atoms with Gasteiger partial charge in [-0.2, -0.15) is 11.8 Å². The number of carboxylic acid groups (broad SMARTS) is 1. The Hall–Kier alpha value is -1.73. The largest absolute Gasteiger partial charge is 0.480 e. The average Bonchev–Trinajstić information content (AvgIpc) is 2.50. The van der Waals surface area contributed by atoms with Gasteiger partial charge in [-0.05, 0) is 44.9 Å². The predicted molar refractivity (Wildman–Crippen MR) is 101 cm³/mol. The number of alkyl carbamates (subject to hydrolysis) is 1. The van der Waals surface area contributed by atoms with Gasteiger partial charge in [0, 0.05) is 11.8 Å². The lowest BCUT2D eigenvalue weighted by Crippen LogP contribution is -2.40. The summed E-state index contributed by atoms with van der Waals surface area (Å²) in [5.74, 6) is 0.0499. The van der Waals surface area contributed by atoms with E-state index in [1.54, 1.807) is 0 Å². The third kappa shape index (κ3) is 9.99. The van der Waals surface area contributed by atoms with Crippen LogP contribution in [0, 0.1) is 0 Å². The van der Waals surface area contributed by atoms with Gasteiger partial charge in [0.2, 0.25) is 0 Å². The molecule has 25 heavy (non-hydrogen) atoms. The van der Waals surface area contributed by atoms with Crippen molar-refractivity contribution < 1.29 is 19.4 Å². The monoisotopic (exact) mass is 368 g/mol. The van der Waals surface area contributed by atoms with E-state index < -0.39 is 23.7 Å². The van der Waals surface area contributed by atoms with Crippen molar-refractivity contribution in [3.05, 3.63) is 35.9 Å². The molecule has 0 bridgehead atoms. The second kappa shape index (κ2) is 10.3. The first-order valence-electron chi connectivity index (χ1n) is 8.27. The number of amides is 1. The molecular formula is C18H28N2O4S. The van der Waals surface area contributed by atoms with Crippen molar-refractivity contribution in [1.29, 1.82) is 0 Å². The molecule has 1 aromatic carbocycles. The van der Waals surface area contributed by atoms with Gasteiger partial charge in [-0.1, -0.05) is 30.3 Å². The molecule has 2 atom stereocenters. The van der Waals surface area contributed by atoms with Crippen LogP contribution in [0.4, 0.5) is 4.79 Å². The van der Waals surface area contributed by atoms with Crippen LogP contribution in [0.5, 0.6) is 0 Å². The second-order valence-corrected chi connectivity index (χ2v) is 7.99. The van der Waals surface area contributed by atoms with Gasteiger partial charge in [0.25, 0.3) is 0 Å². The van der Waals surface area contributed by atoms with E-state index in [4.69, 9.17) is 15.6 Å². The topological polar surface area (TPSA) is 102 Å². The number of ether oxygens (including phenoxy) is 1. The quantitative estimate of drug-likeness (QED) is 0.579. The smallest absolute Gasteiger partial charge is 0.407 e. The molecular weight excluding hydrogens is 340 g/mol. The highest BCUT2D eigenvalue weighted by atomic mass is 32.2. The third-order valence-electron chi connectivity index (χ3n) is 3.27. The van der Waals surface area contributed by atoms with Crippen LogP contribution in [0.15, 0.2) is 30.3 Å². The first-order chi connectivity index (χ1) is 11.7. The van der Waals surface area contributed by atoms with Gasteiger partial charge in [-0.15, -0.1) is 0 Å². The molecule has 7 heteroatoms. The van der Waals surface area contributed by atoms with Gasteiger partial charge in [-0.25, -0.2) is 4.79 Å². The Morgan fingerprint density at radius 1 is 1.28 bits per heavy atom. The summed E-state index contributed by atoms with van der Waals surface area (Å²) in [5.41, 5.74) is 6.07. The van der Waals surface area contributed by atoms with Gasteiger partial charge >= 0.3 is 12.1 Å². The number of carbonyl (C=O) groups excluding carboxylic acids is 1. The van der Waals surface area contributed by atoms with Crippen LogP contribution >= 0.6 is 11.8 Å². The first kappa shape index (κ1) is 21.3. The number of hydrogen-bond acceptors (Lipinski definition) is 5. The molecule has 0 radical (unpaired) electrons. The molecule has 140 valence electrons. The molecule has 0 heterocycles. The van der Waals surface area contributed by atoms with Crippen LogP contribution in [-0.2, 0) is 16.0 Å². The Balaban J connectivity index is 2.55. The van der Waals surface area contributed by atoms with Crippen molar-refractivity contribution >= 4 is 23.8 Å². The molecule has 0 spiro atoms. The van der Waals surface area contributed by atoms with Crippen molar-refractivity contribution in [2.45, 2.75) is 51.3 Å². The van der Waals surface area contributed by atoms with Crippen molar-refractivity contribution in [3.63, 3.8) is 0 Å². The molecule has 1 aromatic rings. The zero-order valence-corrected chi connectivity index (χ0v) is 15.8. The summed E-state index contributed by atoms with van der Waals surface area (Å²) in [5, 5.41) is 11.7. The van der Waals surface area contributed by atoms with Crippen molar-refractivity contribution in [1.82, 2.24) is 5.32 Å². The Labute approximate surface area is 153 Å². The highest BCUT2D eigenvalue weighted by Crippen LogP contribution is 2.13. The summed E-state index contributed by atoms with van der Waals surface area (Å²) in [6.07, 6.45) is 0.942. The molecule has 0 aliphatic rings. The summed E-state index contributed by atoms with van der Waals surface area (Å²) in [4.78, 5) is 22.8. The minimum atomic E-state index is -1.000. The van der Waals surface area contributed by atoms with E-state index in [-0.39, 0.29) is 6.04 Å². The normalized spacial score (nSPS) is 13.8. The van der Waals surface area contributed by atoms with Gasteiger partial charge in [0.1, 0.15) is 11.6 Å². The van der Waals surface area contributed by atoms with Crippen molar-refractivity contribution in [2.75, 3.05) is 11.5 Å². The Bertz CT molecular complexity index is 546. The number of carbonyl (C=O) groups is 2. The molecule has 0 saturated carbocycles. The van der Waals surface area contributed by atoms with Crippen LogP contribution in [-0.4, -0.2) is 46.4 Å². The zero-order valence-electron chi connectivity index (χ0n) is 15.0. The maximum absolute atomic E-state index is 12.1. The minimum absolute atomic E-state index is 0.0918. The number of carboxylic acids is 1. The Morgan fingerprint density at radius 3 is 2.48 bits per heavy atom. The van der Waals surface area contributed by atoms with Crippen LogP contribution in [0.1, 0.15) is 32.8 Å². The summed E-state index contributed by atoms with van der Waals surface area (Å²) in [7, 11) is 0. The Morgan fingerprint density at radius 2 is 1.92 bits per heavy atom. The molecule has 1 amide bonds. The van der Waals surface area contributed by atoms with Gasteiger partial charge in [0.05, 0.1) is 0 Å². The number of hydrogen-bond donors (Lipinski definition) is 3. The summed E-state index contributed by atoms with van der Waals surface area (Å²) >= 11 is 1.47. The highest BCUT2D eigenvalue weighted by molar-refractivity contribution is 7.99. The van der Waals surface area contributed by atoms with E-state index in [0.29, 0.717) is 24.3 Å². The number of nitrogens with one attached hydrogen (secondary N) is 1. The molecule has 4 N–H and O–H groups in total. The molecule has 1 rings (SSSR count). The number of thioether (sulfide) groups is 1. The summed E-state index contributed by atoms with van der Waals surface area (Å²) < 4.78 is 5.33. The fourth-order valence-corrected chi connectivity index (χ4v) is 3.12. The van der Waals surface area contributed by atoms with E-state index in [1.807, 2.05) is 51.1 Å². The number of nitrogens with two attached hydrogens (primary N) is 1. The minimum Gasteiger partial charge on any atom is -0.480 e. The van der Waals surface area contributed by atoms with Crippen LogP contribution in [0.2, 0.25) is 0 Å². The fraction of sp³-hybridized carbons (Fsp3) is 0.556. The van der Waals surface area contributed by atoms with Crippen LogP contribution in [0.3, 0.4) is 0 Å². The molecule has 0 aliphatic carbocycles. The van der Waals surface area contributed by atoms with E-state index in [0.717, 1.165) is 5.56 Å². The molecule has 0 saturated heterocycles. The SMILES string of the molecule is CC(C)(C)OC(=O)N[C@@H](CCSCC(N)C(=O)O)Cc1ccccc1. The first-order valence-corrected chi connectivity index (χ1v) is 9.42. The fourth-order valence-electron chi connectivity index (χ4n) is 2.11. The predicted octanol–water partition coefficient (Wildman–Crippen LogP) is 2.66. The highest BCUT2D eigenvalue weighted by Gasteiger charge is 2.20. The molecule has 1 unspecified atom stereocenters. The second-order valence-electron chi connectivity index (χ2n) is 6.84. The van der Waals surface area contributed by atoms with Crippen LogP contribution < -0.4 is 11.1 Å². The molecule has 0 aliphatic heterocycles. The third-order valence-corrected chi connectivity index (χ3v) is 4.39. The number of aliphatic carboxylic acids is 1. The van der Waals surface area contributed by atoms with Gasteiger partial charge < -0.3 is 20.9 Å². The maximum atomic E-state index is 12.1. The van der Waals surface area contributed by atoms with Gasteiger partial charge in [0.15, 0.2) is 0 Å². The molecule has 0 aromatic heterocycles. The van der Waals surface area contributed by atoms with E-state index in [9.17, 15) is 9.59 Å².